The Hall–Kier alpha value is -2.41. The molecule has 29 heavy (non-hydrogen) atoms. The molecule has 0 radical (unpaired) electrons. The minimum atomic E-state index is -0.350. The van der Waals surface area contributed by atoms with Crippen LogP contribution in [0.15, 0.2) is 71.6 Å². The third-order valence-electron chi connectivity index (χ3n) is 4.43. The quantitative estimate of drug-likeness (QED) is 0.348. The van der Waals surface area contributed by atoms with Crippen molar-refractivity contribution in [2.45, 2.75) is 19.5 Å². The zero-order valence-electron chi connectivity index (χ0n) is 15.3. The van der Waals surface area contributed by atoms with E-state index in [0.717, 1.165) is 24.2 Å². The number of para-hydroxylation sites is 1. The molecule has 0 aliphatic carbocycles. The Morgan fingerprint density at radius 1 is 1.10 bits per heavy atom. The smallest absolute Gasteiger partial charge is 0.190 e. The summed E-state index contributed by atoms with van der Waals surface area (Å²) in [6.07, 6.45) is 6.34. The van der Waals surface area contributed by atoms with E-state index < -0.39 is 0 Å². The van der Waals surface area contributed by atoms with Crippen LogP contribution in [0.4, 0.5) is 10.1 Å². The van der Waals surface area contributed by atoms with Gasteiger partial charge in [-0.3, -0.25) is 0 Å². The highest BCUT2D eigenvalue weighted by molar-refractivity contribution is 7.07. The summed E-state index contributed by atoms with van der Waals surface area (Å²) in [4.78, 5) is 9.35. The van der Waals surface area contributed by atoms with Gasteiger partial charge >= 0.3 is 0 Å². The average Bonchev–Trinajstić information content (AvgIpc) is 3.35. The van der Waals surface area contributed by atoms with Crippen molar-refractivity contribution in [3.05, 3.63) is 87.2 Å². The molecule has 0 saturated heterocycles. The number of halogens is 3. The van der Waals surface area contributed by atoms with E-state index in [9.17, 15) is 4.39 Å². The maximum absolute atomic E-state index is 14.1. The van der Waals surface area contributed by atoms with Crippen LogP contribution in [0.5, 0.6) is 0 Å². The van der Waals surface area contributed by atoms with Gasteiger partial charge in [0.15, 0.2) is 4.80 Å². The molecule has 0 unspecified atom stereocenters. The predicted molar refractivity (Wildman–Crippen MR) is 116 cm³/mol. The van der Waals surface area contributed by atoms with Crippen LogP contribution in [0, 0.1) is 5.82 Å². The van der Waals surface area contributed by atoms with Crippen LogP contribution in [0.2, 0.25) is 10.0 Å². The van der Waals surface area contributed by atoms with Crippen LogP contribution in [-0.4, -0.2) is 14.1 Å². The lowest BCUT2D eigenvalue weighted by Crippen LogP contribution is -2.17. The van der Waals surface area contributed by atoms with Gasteiger partial charge in [-0.15, -0.1) is 11.3 Å². The first-order valence-corrected chi connectivity index (χ1v) is 10.6. The fourth-order valence-electron chi connectivity index (χ4n) is 3.02. The average molecular weight is 447 g/mol. The fourth-order valence-corrected chi connectivity index (χ4v) is 4.47. The summed E-state index contributed by atoms with van der Waals surface area (Å²) in [7, 11) is 0. The highest BCUT2D eigenvalue weighted by Crippen LogP contribution is 2.31. The summed E-state index contributed by atoms with van der Waals surface area (Å²) >= 11 is 14.0. The van der Waals surface area contributed by atoms with E-state index in [1.165, 1.54) is 17.4 Å². The number of rotatable bonds is 6. The van der Waals surface area contributed by atoms with E-state index in [4.69, 9.17) is 23.2 Å². The number of benzene rings is 2. The van der Waals surface area contributed by atoms with Gasteiger partial charge in [0.25, 0.3) is 0 Å². The minimum absolute atomic E-state index is 0.312. The first kappa shape index (κ1) is 19.9. The Balaban J connectivity index is 1.75. The van der Waals surface area contributed by atoms with Crippen LogP contribution >= 0.6 is 34.5 Å². The standard InChI is InChI=1S/C21H17Cl2FN4S/c22-15-6-7-16(17(23)12-15)20-13-29-21(26-19-5-2-1-4-18(19)24)28(20)10-3-9-27-11-8-25-14-27/h1-2,4-8,11-14H,3,9-10H2. The first-order valence-electron chi connectivity index (χ1n) is 9.00. The second kappa shape index (κ2) is 8.95. The van der Waals surface area contributed by atoms with Gasteiger partial charge in [-0.25, -0.2) is 14.4 Å². The van der Waals surface area contributed by atoms with Crippen LogP contribution in [0.25, 0.3) is 11.3 Å². The Kier molecular flexibility index (Phi) is 6.13. The summed E-state index contributed by atoms with van der Waals surface area (Å²) in [6, 6.07) is 11.9. The zero-order valence-corrected chi connectivity index (χ0v) is 17.6. The van der Waals surface area contributed by atoms with Crippen molar-refractivity contribution in [3.8, 4) is 11.3 Å². The summed E-state index contributed by atoms with van der Waals surface area (Å²) in [5, 5.41) is 3.14. The molecule has 0 spiro atoms. The molecule has 0 fully saturated rings. The van der Waals surface area contributed by atoms with Gasteiger partial charge in [0.05, 0.1) is 17.0 Å². The molecule has 2 aromatic carbocycles. The number of thiazole rings is 1. The van der Waals surface area contributed by atoms with E-state index in [1.54, 1.807) is 36.8 Å². The van der Waals surface area contributed by atoms with E-state index in [1.807, 2.05) is 28.3 Å². The zero-order chi connectivity index (χ0) is 20.2. The van der Waals surface area contributed by atoms with E-state index in [0.29, 0.717) is 27.1 Å². The van der Waals surface area contributed by atoms with Crippen molar-refractivity contribution in [1.82, 2.24) is 14.1 Å². The van der Waals surface area contributed by atoms with Gasteiger partial charge in [0, 0.05) is 41.4 Å². The maximum atomic E-state index is 14.1. The third kappa shape index (κ3) is 4.61. The third-order valence-corrected chi connectivity index (χ3v) is 5.84. The molecule has 0 bridgehead atoms. The predicted octanol–water partition coefficient (Wildman–Crippen LogP) is 6.18. The molecule has 4 nitrogen and oxygen atoms in total. The summed E-state index contributed by atoms with van der Waals surface area (Å²) in [6.45, 7) is 1.51. The molecule has 2 aromatic heterocycles. The molecule has 0 atom stereocenters. The molecule has 148 valence electrons. The molecule has 0 aliphatic heterocycles. The number of hydrogen-bond acceptors (Lipinski definition) is 3. The van der Waals surface area contributed by atoms with Gasteiger partial charge < -0.3 is 9.13 Å². The Morgan fingerprint density at radius 2 is 1.97 bits per heavy atom. The van der Waals surface area contributed by atoms with Gasteiger partial charge in [-0.05, 0) is 36.8 Å². The van der Waals surface area contributed by atoms with Gasteiger partial charge in [-0.1, -0.05) is 35.3 Å². The van der Waals surface area contributed by atoms with Crippen LogP contribution in [0.1, 0.15) is 6.42 Å². The van der Waals surface area contributed by atoms with Crippen molar-refractivity contribution in [2.75, 3.05) is 0 Å². The molecule has 2 heterocycles. The fraction of sp³-hybridized carbons (Fsp3) is 0.143. The lowest BCUT2D eigenvalue weighted by Gasteiger charge is -2.11. The molecular weight excluding hydrogens is 430 g/mol. The van der Waals surface area contributed by atoms with Crippen molar-refractivity contribution in [2.24, 2.45) is 4.99 Å². The monoisotopic (exact) mass is 446 g/mol. The summed E-state index contributed by atoms with van der Waals surface area (Å²) in [5.74, 6) is -0.350. The highest BCUT2D eigenvalue weighted by Gasteiger charge is 2.12. The van der Waals surface area contributed by atoms with E-state index in [-0.39, 0.29) is 5.82 Å². The molecule has 4 rings (SSSR count). The number of nitrogens with zero attached hydrogens (tertiary/aromatic N) is 4. The molecule has 0 amide bonds. The van der Waals surface area contributed by atoms with Crippen molar-refractivity contribution in [3.63, 3.8) is 0 Å². The van der Waals surface area contributed by atoms with Crippen molar-refractivity contribution >= 4 is 40.2 Å². The number of hydrogen-bond donors (Lipinski definition) is 0. The molecule has 4 aromatic rings. The molecule has 8 heteroatoms. The second-order valence-electron chi connectivity index (χ2n) is 6.40. The van der Waals surface area contributed by atoms with Crippen molar-refractivity contribution < 1.29 is 4.39 Å². The van der Waals surface area contributed by atoms with Crippen LogP contribution in [0.3, 0.4) is 0 Å². The van der Waals surface area contributed by atoms with Crippen molar-refractivity contribution in [1.29, 1.82) is 0 Å². The summed E-state index contributed by atoms with van der Waals surface area (Å²) in [5.41, 5.74) is 2.11. The maximum Gasteiger partial charge on any atom is 0.190 e. The number of imidazole rings is 1. The Morgan fingerprint density at radius 3 is 2.72 bits per heavy atom. The minimum Gasteiger partial charge on any atom is -0.337 e. The molecule has 0 aliphatic rings. The van der Waals surface area contributed by atoms with E-state index >= 15 is 0 Å². The Labute approximate surface area is 181 Å². The molecule has 0 saturated carbocycles. The Bertz CT molecular complexity index is 1180. The van der Waals surface area contributed by atoms with E-state index in [2.05, 4.69) is 14.5 Å². The van der Waals surface area contributed by atoms with Gasteiger partial charge in [0.2, 0.25) is 0 Å². The summed E-state index contributed by atoms with van der Waals surface area (Å²) < 4.78 is 18.2. The van der Waals surface area contributed by atoms with Crippen LogP contribution in [-0.2, 0) is 13.1 Å². The normalized spacial score (nSPS) is 11.9. The largest absolute Gasteiger partial charge is 0.337 e. The second-order valence-corrected chi connectivity index (χ2v) is 8.08. The highest BCUT2D eigenvalue weighted by atomic mass is 35.5. The topological polar surface area (TPSA) is 35.1 Å². The van der Waals surface area contributed by atoms with Gasteiger partial charge in [-0.2, -0.15) is 0 Å². The van der Waals surface area contributed by atoms with Gasteiger partial charge in [0.1, 0.15) is 11.5 Å². The SMILES string of the molecule is Fc1ccccc1N=c1scc(-c2ccc(Cl)cc2Cl)n1CCCn1ccnc1. The van der Waals surface area contributed by atoms with Crippen LogP contribution < -0.4 is 4.80 Å². The number of aryl methyl sites for hydroxylation is 1. The molecule has 0 N–H and O–H groups in total. The lowest BCUT2D eigenvalue weighted by atomic mass is 10.1. The first-order chi connectivity index (χ1) is 14.1. The molecular formula is C21H17Cl2FN4S. The number of aromatic nitrogens is 3. The lowest BCUT2D eigenvalue weighted by molar-refractivity contribution is 0.558.